The molecular formula is C11H16N6. The molecule has 6 heteroatoms. The highest BCUT2D eigenvalue weighted by molar-refractivity contribution is 5.42. The Morgan fingerprint density at radius 1 is 1.47 bits per heavy atom. The fourth-order valence-electron chi connectivity index (χ4n) is 2.42. The van der Waals surface area contributed by atoms with Crippen LogP contribution in [0, 0.1) is 0 Å². The van der Waals surface area contributed by atoms with E-state index in [-0.39, 0.29) is 6.04 Å². The maximum atomic E-state index is 8.51. The first-order valence-corrected chi connectivity index (χ1v) is 6.11. The molecule has 0 aromatic carbocycles. The van der Waals surface area contributed by atoms with Crippen LogP contribution in [0.3, 0.4) is 0 Å². The molecule has 0 bridgehead atoms. The molecule has 0 N–H and O–H groups in total. The number of likely N-dealkylation sites (N-methyl/N-ethyl adjacent to an activating group) is 1. The Morgan fingerprint density at radius 3 is 3.00 bits per heavy atom. The van der Waals surface area contributed by atoms with E-state index < -0.39 is 0 Å². The SMILES string of the molecule is CN1CC(N=[N+]=[N-])CCn2nc(C3CC3)cc21. The van der Waals surface area contributed by atoms with E-state index in [4.69, 9.17) is 5.53 Å². The maximum Gasteiger partial charge on any atom is 0.126 e. The fraction of sp³-hybridized carbons (Fsp3) is 0.727. The van der Waals surface area contributed by atoms with Gasteiger partial charge in [0.2, 0.25) is 0 Å². The third-order valence-corrected chi connectivity index (χ3v) is 3.54. The number of rotatable bonds is 2. The molecule has 1 aliphatic heterocycles. The molecule has 1 aromatic heterocycles. The monoisotopic (exact) mass is 232 g/mol. The van der Waals surface area contributed by atoms with E-state index in [1.807, 2.05) is 7.05 Å². The van der Waals surface area contributed by atoms with Crippen LogP contribution in [0.2, 0.25) is 0 Å². The number of aromatic nitrogens is 2. The van der Waals surface area contributed by atoms with Crippen LogP contribution in [0.15, 0.2) is 11.2 Å². The number of aryl methyl sites for hydroxylation is 1. The molecule has 0 amide bonds. The lowest BCUT2D eigenvalue weighted by atomic mass is 10.2. The van der Waals surface area contributed by atoms with E-state index in [2.05, 4.69) is 30.8 Å². The van der Waals surface area contributed by atoms with Gasteiger partial charge in [0.25, 0.3) is 0 Å². The van der Waals surface area contributed by atoms with Crippen molar-refractivity contribution in [2.24, 2.45) is 5.11 Å². The van der Waals surface area contributed by atoms with Gasteiger partial charge >= 0.3 is 0 Å². The molecule has 1 unspecified atom stereocenters. The van der Waals surface area contributed by atoms with E-state index >= 15 is 0 Å². The molecule has 1 aliphatic carbocycles. The molecule has 1 fully saturated rings. The molecule has 3 rings (SSSR count). The smallest absolute Gasteiger partial charge is 0.126 e. The fourth-order valence-corrected chi connectivity index (χ4v) is 2.42. The van der Waals surface area contributed by atoms with E-state index in [9.17, 15) is 0 Å². The van der Waals surface area contributed by atoms with Crippen molar-refractivity contribution in [3.8, 4) is 0 Å². The zero-order chi connectivity index (χ0) is 11.8. The highest BCUT2D eigenvalue weighted by Crippen LogP contribution is 2.40. The van der Waals surface area contributed by atoms with Crippen LogP contribution in [-0.4, -0.2) is 29.4 Å². The zero-order valence-electron chi connectivity index (χ0n) is 9.95. The van der Waals surface area contributed by atoms with Gasteiger partial charge in [0.05, 0.1) is 11.7 Å². The predicted octanol–water partition coefficient (Wildman–Crippen LogP) is 2.28. The van der Waals surface area contributed by atoms with E-state index in [0.29, 0.717) is 5.92 Å². The van der Waals surface area contributed by atoms with Crippen LogP contribution < -0.4 is 4.90 Å². The topological polar surface area (TPSA) is 69.8 Å². The number of fused-ring (bicyclic) bond motifs is 1. The van der Waals surface area contributed by atoms with Crippen LogP contribution in [0.1, 0.15) is 30.9 Å². The molecule has 17 heavy (non-hydrogen) atoms. The molecule has 0 spiro atoms. The summed E-state index contributed by atoms with van der Waals surface area (Å²) in [6.45, 7) is 1.62. The van der Waals surface area contributed by atoms with Gasteiger partial charge in [0, 0.05) is 37.0 Å². The molecule has 0 radical (unpaired) electrons. The molecule has 90 valence electrons. The van der Waals surface area contributed by atoms with E-state index in [0.717, 1.165) is 25.3 Å². The predicted molar refractivity (Wildman–Crippen MR) is 65.0 cm³/mol. The van der Waals surface area contributed by atoms with Crippen LogP contribution >= 0.6 is 0 Å². The van der Waals surface area contributed by atoms with Crippen molar-refractivity contribution in [2.75, 3.05) is 18.5 Å². The Labute approximate surface area is 99.8 Å². The second kappa shape index (κ2) is 3.96. The van der Waals surface area contributed by atoms with Gasteiger partial charge in [0.15, 0.2) is 0 Å². The van der Waals surface area contributed by atoms with Crippen molar-refractivity contribution in [2.45, 2.75) is 37.8 Å². The van der Waals surface area contributed by atoms with Gasteiger partial charge in [-0.25, -0.2) is 4.68 Å². The molecule has 6 nitrogen and oxygen atoms in total. The summed E-state index contributed by atoms with van der Waals surface area (Å²) < 4.78 is 2.06. The van der Waals surface area contributed by atoms with Crippen molar-refractivity contribution in [3.63, 3.8) is 0 Å². The number of anilines is 1. The van der Waals surface area contributed by atoms with Gasteiger partial charge < -0.3 is 4.90 Å². The Hall–Kier alpha value is -1.68. The van der Waals surface area contributed by atoms with Gasteiger partial charge in [-0.1, -0.05) is 5.11 Å². The minimum absolute atomic E-state index is 0.0519. The molecule has 0 saturated heterocycles. The minimum atomic E-state index is 0.0519. The second-order valence-corrected chi connectivity index (χ2v) is 4.95. The molecule has 2 heterocycles. The maximum absolute atomic E-state index is 8.51. The van der Waals surface area contributed by atoms with Crippen LogP contribution in [0.25, 0.3) is 10.4 Å². The van der Waals surface area contributed by atoms with E-state index in [1.165, 1.54) is 18.5 Å². The van der Waals surface area contributed by atoms with Crippen molar-refractivity contribution in [1.82, 2.24) is 9.78 Å². The molecular weight excluding hydrogens is 216 g/mol. The molecule has 1 saturated carbocycles. The van der Waals surface area contributed by atoms with Crippen molar-refractivity contribution < 1.29 is 0 Å². The summed E-state index contributed by atoms with van der Waals surface area (Å²) in [4.78, 5) is 5.05. The van der Waals surface area contributed by atoms with Gasteiger partial charge in [-0.3, -0.25) is 0 Å². The highest BCUT2D eigenvalue weighted by atomic mass is 15.4. The lowest BCUT2D eigenvalue weighted by Gasteiger charge is -2.18. The first-order valence-electron chi connectivity index (χ1n) is 6.11. The first-order chi connectivity index (χ1) is 8.28. The average molecular weight is 232 g/mol. The summed E-state index contributed by atoms with van der Waals surface area (Å²) >= 11 is 0. The largest absolute Gasteiger partial charge is 0.359 e. The van der Waals surface area contributed by atoms with Gasteiger partial charge in [0.1, 0.15) is 5.82 Å². The quantitative estimate of drug-likeness (QED) is 0.446. The Morgan fingerprint density at radius 2 is 2.29 bits per heavy atom. The lowest BCUT2D eigenvalue weighted by molar-refractivity contribution is 0.540. The molecule has 2 aliphatic rings. The number of azide groups is 1. The highest BCUT2D eigenvalue weighted by Gasteiger charge is 2.29. The minimum Gasteiger partial charge on any atom is -0.359 e. The van der Waals surface area contributed by atoms with Crippen LogP contribution in [-0.2, 0) is 6.54 Å². The Kier molecular flexibility index (Phi) is 2.44. The van der Waals surface area contributed by atoms with Crippen molar-refractivity contribution in [1.29, 1.82) is 0 Å². The average Bonchev–Trinajstić information content (AvgIpc) is 3.08. The standard InChI is InChI=1S/C11H16N6/c1-16-7-9(13-15-12)4-5-17-11(16)6-10(14-17)8-2-3-8/h6,8-9H,2-5,7H2,1H3. The third-order valence-electron chi connectivity index (χ3n) is 3.54. The lowest BCUT2D eigenvalue weighted by Crippen LogP contribution is -2.26. The third kappa shape index (κ3) is 1.96. The van der Waals surface area contributed by atoms with Gasteiger partial charge in [-0.05, 0) is 24.8 Å². The number of nitrogens with zero attached hydrogens (tertiary/aromatic N) is 6. The molecule has 1 atom stereocenters. The zero-order valence-corrected chi connectivity index (χ0v) is 9.95. The first kappa shape index (κ1) is 10.5. The number of hydrogen-bond donors (Lipinski definition) is 0. The summed E-state index contributed by atoms with van der Waals surface area (Å²) in [5, 5.41) is 8.48. The van der Waals surface area contributed by atoms with Gasteiger partial charge in [-0.2, -0.15) is 5.10 Å². The van der Waals surface area contributed by atoms with Crippen LogP contribution in [0.5, 0.6) is 0 Å². The second-order valence-electron chi connectivity index (χ2n) is 4.95. The van der Waals surface area contributed by atoms with Crippen molar-refractivity contribution in [3.05, 3.63) is 22.2 Å². The Bertz CT molecular complexity index is 468. The Balaban J connectivity index is 1.85. The van der Waals surface area contributed by atoms with Crippen LogP contribution in [0.4, 0.5) is 5.82 Å². The van der Waals surface area contributed by atoms with E-state index in [1.54, 1.807) is 0 Å². The number of hydrogen-bond acceptors (Lipinski definition) is 3. The van der Waals surface area contributed by atoms with Crippen molar-refractivity contribution >= 4 is 5.82 Å². The summed E-state index contributed by atoms with van der Waals surface area (Å²) in [5.41, 5.74) is 9.74. The summed E-state index contributed by atoms with van der Waals surface area (Å²) in [6, 6.07) is 2.24. The summed E-state index contributed by atoms with van der Waals surface area (Å²) in [7, 11) is 2.04. The summed E-state index contributed by atoms with van der Waals surface area (Å²) in [5.74, 6) is 1.85. The van der Waals surface area contributed by atoms with Gasteiger partial charge in [-0.15, -0.1) is 0 Å². The molecule has 1 aromatic rings. The normalized spacial score (nSPS) is 23.8. The summed E-state index contributed by atoms with van der Waals surface area (Å²) in [6.07, 6.45) is 3.43.